The highest BCUT2D eigenvalue weighted by Crippen LogP contribution is 2.51. The molecule has 0 radical (unpaired) electrons. The summed E-state index contributed by atoms with van der Waals surface area (Å²) < 4.78 is 48.9. The fourth-order valence-electron chi connectivity index (χ4n) is 4.33. The third-order valence-corrected chi connectivity index (χ3v) is 5.85. The minimum atomic E-state index is -4.61. The Hall–Kier alpha value is -4.41. The van der Waals surface area contributed by atoms with Crippen molar-refractivity contribution in [2.75, 3.05) is 13.2 Å². The lowest BCUT2D eigenvalue weighted by molar-refractivity contribution is -0.384. The third-order valence-electron chi connectivity index (χ3n) is 5.85. The number of hydrogen-bond acceptors (Lipinski definition) is 6. The lowest BCUT2D eigenvalue weighted by Gasteiger charge is -2.30. The van der Waals surface area contributed by atoms with E-state index >= 15 is 0 Å². The first kappa shape index (κ1) is 24.7. The van der Waals surface area contributed by atoms with Crippen molar-refractivity contribution in [3.63, 3.8) is 0 Å². The Morgan fingerprint density at radius 3 is 2.00 bits per heavy atom. The van der Waals surface area contributed by atoms with Crippen molar-refractivity contribution in [3.8, 4) is 16.9 Å². The van der Waals surface area contributed by atoms with Crippen molar-refractivity contribution in [1.29, 1.82) is 0 Å². The highest BCUT2D eigenvalue weighted by molar-refractivity contribution is 6.00. The second-order valence-corrected chi connectivity index (χ2v) is 8.00. The van der Waals surface area contributed by atoms with Gasteiger partial charge in [-0.15, -0.1) is 0 Å². The van der Waals surface area contributed by atoms with Crippen LogP contribution in [0.5, 0.6) is 5.75 Å². The van der Waals surface area contributed by atoms with Gasteiger partial charge in [-0.3, -0.25) is 14.9 Å². The topological polar surface area (TPSA) is 108 Å². The maximum absolute atomic E-state index is 13.4. The van der Waals surface area contributed by atoms with E-state index in [1.54, 1.807) is 48.5 Å². The monoisotopic (exact) mass is 500 g/mol. The van der Waals surface area contributed by atoms with E-state index in [1.165, 1.54) is 12.1 Å². The number of carbonyl (C=O) groups is 2. The van der Waals surface area contributed by atoms with Gasteiger partial charge in [0.1, 0.15) is 17.7 Å². The predicted octanol–water partition coefficient (Wildman–Crippen LogP) is 5.15. The average molecular weight is 500 g/mol. The minimum Gasteiger partial charge on any atom is -0.434 e. The Balaban J connectivity index is 1.56. The Bertz CT molecular complexity index is 1260. The number of amides is 1. The zero-order valence-electron chi connectivity index (χ0n) is 18.6. The Kier molecular flexibility index (Phi) is 6.65. The van der Waals surface area contributed by atoms with Crippen LogP contribution in [-0.4, -0.2) is 36.3 Å². The van der Waals surface area contributed by atoms with Gasteiger partial charge in [0.05, 0.1) is 11.5 Å². The lowest BCUT2D eigenvalue weighted by Crippen LogP contribution is -2.47. The van der Waals surface area contributed by atoms with Crippen LogP contribution in [0.15, 0.2) is 72.8 Å². The fourth-order valence-corrected chi connectivity index (χ4v) is 4.33. The number of halogens is 3. The zero-order valence-corrected chi connectivity index (χ0v) is 18.6. The van der Waals surface area contributed by atoms with E-state index in [-0.39, 0.29) is 24.5 Å². The highest BCUT2D eigenvalue weighted by atomic mass is 19.4. The summed E-state index contributed by atoms with van der Waals surface area (Å²) in [6.07, 6.45) is -5.89. The van der Waals surface area contributed by atoms with Crippen LogP contribution in [0.4, 0.5) is 23.7 Å². The van der Waals surface area contributed by atoms with Crippen molar-refractivity contribution in [2.45, 2.75) is 18.0 Å². The van der Waals surface area contributed by atoms with Crippen molar-refractivity contribution in [3.05, 3.63) is 94.0 Å². The first-order chi connectivity index (χ1) is 17.1. The summed E-state index contributed by atoms with van der Waals surface area (Å²) in [6.45, 7) is -1.87. The van der Waals surface area contributed by atoms with Crippen LogP contribution in [0.25, 0.3) is 11.1 Å². The Labute approximate surface area is 202 Å². The Morgan fingerprint density at radius 2 is 1.47 bits per heavy atom. The number of nitrogens with zero attached hydrogens (tertiary/aromatic N) is 1. The average Bonchev–Trinajstić information content (AvgIpc) is 3.13. The molecular weight excluding hydrogens is 481 g/mol. The van der Waals surface area contributed by atoms with Gasteiger partial charge < -0.3 is 14.8 Å². The normalized spacial score (nSPS) is 13.3. The summed E-state index contributed by atoms with van der Waals surface area (Å²) in [6, 6.07) is 18.5. The van der Waals surface area contributed by atoms with Crippen molar-refractivity contribution < 1.29 is 37.2 Å². The minimum absolute atomic E-state index is 0.000193. The van der Waals surface area contributed by atoms with Crippen LogP contribution in [0.2, 0.25) is 0 Å². The molecule has 0 bridgehead atoms. The quantitative estimate of drug-likeness (QED) is 0.208. The molecule has 0 heterocycles. The first-order valence-corrected chi connectivity index (χ1v) is 10.8. The number of hydrogen-bond donors (Lipinski definition) is 1. The Morgan fingerprint density at radius 1 is 0.917 bits per heavy atom. The van der Waals surface area contributed by atoms with Crippen LogP contribution in [0.3, 0.4) is 0 Å². The van der Waals surface area contributed by atoms with Gasteiger partial charge in [0.25, 0.3) is 5.69 Å². The van der Waals surface area contributed by atoms with Gasteiger partial charge >= 0.3 is 12.3 Å². The van der Waals surface area contributed by atoms with E-state index in [0.717, 1.165) is 12.1 Å². The summed E-state index contributed by atoms with van der Waals surface area (Å²) >= 11 is 0. The molecule has 0 atom stereocenters. The van der Waals surface area contributed by atoms with Gasteiger partial charge in [0, 0.05) is 18.6 Å². The molecule has 0 unspecified atom stereocenters. The van der Waals surface area contributed by atoms with E-state index in [1.807, 2.05) is 5.32 Å². The molecule has 0 saturated heterocycles. The summed E-state index contributed by atoms with van der Waals surface area (Å²) in [5.74, 6) is -0.871. The van der Waals surface area contributed by atoms with Gasteiger partial charge in [-0.2, -0.15) is 13.2 Å². The molecule has 3 aromatic rings. The van der Waals surface area contributed by atoms with Crippen molar-refractivity contribution in [2.24, 2.45) is 0 Å². The maximum atomic E-state index is 13.4. The summed E-state index contributed by atoms with van der Waals surface area (Å²) in [5, 5.41) is 12.7. The predicted molar refractivity (Wildman–Crippen MR) is 121 cm³/mol. The van der Waals surface area contributed by atoms with Crippen LogP contribution < -0.4 is 10.1 Å². The number of nitro groups is 1. The van der Waals surface area contributed by atoms with Crippen molar-refractivity contribution in [1.82, 2.24) is 5.32 Å². The number of rotatable bonds is 7. The maximum Gasteiger partial charge on any atom is 0.513 e. The van der Waals surface area contributed by atoms with Crippen LogP contribution >= 0.6 is 0 Å². The number of carbonyl (C=O) groups excluding carboxylic acids is 2. The number of alkyl halides is 3. The molecule has 0 fully saturated rings. The van der Waals surface area contributed by atoms with Gasteiger partial charge in [0.15, 0.2) is 0 Å². The van der Waals surface area contributed by atoms with Gasteiger partial charge in [-0.1, -0.05) is 48.5 Å². The van der Waals surface area contributed by atoms with E-state index in [2.05, 4.69) is 0 Å². The van der Waals surface area contributed by atoms with Gasteiger partial charge in [-0.25, -0.2) is 4.79 Å². The molecule has 0 spiro atoms. The number of fused-ring (bicyclic) bond motifs is 3. The van der Waals surface area contributed by atoms with E-state index in [9.17, 15) is 32.9 Å². The first-order valence-electron chi connectivity index (χ1n) is 10.8. The molecule has 1 aliphatic carbocycles. The second-order valence-electron chi connectivity index (χ2n) is 8.00. The highest BCUT2D eigenvalue weighted by Gasteiger charge is 2.49. The number of non-ortho nitro benzene ring substituents is 1. The number of nitrogens with one attached hydrogen (secondary N) is 1. The number of benzene rings is 3. The molecule has 1 amide bonds. The summed E-state index contributed by atoms with van der Waals surface area (Å²) in [5.41, 5.74) is 0.663. The summed E-state index contributed by atoms with van der Waals surface area (Å²) in [4.78, 5) is 35.7. The van der Waals surface area contributed by atoms with E-state index in [0.29, 0.717) is 22.3 Å². The largest absolute Gasteiger partial charge is 0.513 e. The molecule has 4 rings (SSSR count). The third kappa shape index (κ3) is 4.85. The molecule has 0 saturated carbocycles. The molecule has 8 nitrogen and oxygen atoms in total. The van der Waals surface area contributed by atoms with Crippen LogP contribution in [0.1, 0.15) is 17.5 Å². The van der Waals surface area contributed by atoms with Gasteiger partial charge in [-0.05, 0) is 34.4 Å². The molecular formula is C25H19F3N2O6. The standard InChI is InChI=1S/C25H19F3N2O6/c26-25(27,28)15-29-22(31)24(20-7-3-1-5-18(20)19-6-2-4-8-21(19)24)13-14-35-23(32)36-17-11-9-16(10-12-17)30(33)34/h1-12H,13-15H2,(H,29,31). The van der Waals surface area contributed by atoms with Gasteiger partial charge in [0.2, 0.25) is 5.91 Å². The SMILES string of the molecule is O=C(OCCC1(C(=O)NCC(F)(F)F)c2ccccc2-c2ccccc21)Oc1ccc([N+](=O)[O-])cc1. The van der Waals surface area contributed by atoms with Crippen LogP contribution in [-0.2, 0) is 14.9 Å². The molecule has 186 valence electrons. The molecule has 36 heavy (non-hydrogen) atoms. The number of ether oxygens (including phenoxy) is 2. The molecule has 1 aliphatic rings. The van der Waals surface area contributed by atoms with E-state index < -0.39 is 35.1 Å². The van der Waals surface area contributed by atoms with E-state index in [4.69, 9.17) is 9.47 Å². The molecule has 0 aliphatic heterocycles. The van der Waals surface area contributed by atoms with Crippen molar-refractivity contribution >= 4 is 17.7 Å². The number of nitro benzene ring substituents is 1. The van der Waals surface area contributed by atoms with Crippen LogP contribution in [0, 0.1) is 10.1 Å². The molecule has 11 heteroatoms. The molecule has 3 aromatic carbocycles. The fraction of sp³-hybridized carbons (Fsp3) is 0.200. The molecule has 1 N–H and O–H groups in total. The summed E-state index contributed by atoms with van der Waals surface area (Å²) in [7, 11) is 0. The second kappa shape index (κ2) is 9.68. The smallest absolute Gasteiger partial charge is 0.434 e. The molecule has 0 aromatic heterocycles. The zero-order chi connectivity index (χ0) is 25.9. The lowest BCUT2D eigenvalue weighted by atomic mass is 9.74.